The maximum atomic E-state index is 13.4. The molecule has 0 aliphatic carbocycles. The molecule has 0 saturated heterocycles. The van der Waals surface area contributed by atoms with Gasteiger partial charge in [-0.3, -0.25) is 29.0 Å². The first kappa shape index (κ1) is 43.8. The Morgan fingerprint density at radius 1 is 0.720 bits per heavy atom. The van der Waals surface area contributed by atoms with Crippen LogP contribution in [0.4, 0.5) is 0 Å². The Labute approximate surface area is 290 Å². The van der Waals surface area contributed by atoms with Crippen molar-refractivity contribution in [2.24, 2.45) is 17.2 Å². The Hall–Kier alpha value is -4.27. The molecule has 0 saturated carbocycles. The molecule has 1 aromatic rings. The summed E-state index contributed by atoms with van der Waals surface area (Å²) in [6.45, 7) is 2.05. The third-order valence-electron chi connectivity index (χ3n) is 7.60. The Bertz CT molecular complexity index is 1240. The molecule has 8 atom stereocenters. The quantitative estimate of drug-likeness (QED) is 0.0450. The summed E-state index contributed by atoms with van der Waals surface area (Å²) in [6, 6.07) is -5.16. The van der Waals surface area contributed by atoms with Crippen LogP contribution in [0, 0.1) is 0 Å². The molecule has 1 rings (SSSR count). The summed E-state index contributed by atoms with van der Waals surface area (Å²) >= 11 is 0. The highest BCUT2D eigenvalue weighted by Gasteiger charge is 2.35. The maximum absolute atomic E-state index is 13.4. The number of nitrogens with one attached hydrogen (secondary N) is 5. The van der Waals surface area contributed by atoms with Crippen LogP contribution in [0.2, 0.25) is 0 Å². The van der Waals surface area contributed by atoms with Crippen molar-refractivity contribution in [2.45, 2.75) is 107 Å². The standard InChI is InChI=1S/C31H53N9O10/c1-17(42)24(29(47)37-21(9-3-5-11-32)27(45)38-23(16-41)31(49)50)40-30(48)25(18(2)43)39-28(46)22(10-4-6-12-33)36-26(44)20(34)14-19-8-7-13-35-15-19/h7-8,13,15,17-18,20-25,41-43H,3-6,9-12,14,16,32-34H2,1-2H3,(H,36,44)(H,37,47)(H,38,45)(H,39,46)(H,40,48)(H,49,50)/t17-,18-,20+,21+,22+,23+,24+,25+/m1/s1. The molecular weight excluding hydrogens is 658 g/mol. The van der Waals surface area contributed by atoms with Gasteiger partial charge < -0.3 is 64.2 Å². The van der Waals surface area contributed by atoms with E-state index in [0.29, 0.717) is 37.8 Å². The number of aromatic nitrogens is 1. The fourth-order valence-corrected chi connectivity index (χ4v) is 4.69. The van der Waals surface area contributed by atoms with Gasteiger partial charge in [-0.25, -0.2) is 4.79 Å². The zero-order chi connectivity index (χ0) is 37.8. The number of carbonyl (C=O) groups is 6. The summed E-state index contributed by atoms with van der Waals surface area (Å²) in [5, 5.41) is 51.0. The summed E-state index contributed by atoms with van der Waals surface area (Å²) in [4.78, 5) is 81.1. The number of amides is 5. The van der Waals surface area contributed by atoms with E-state index in [4.69, 9.17) is 17.2 Å². The molecule has 0 fully saturated rings. The van der Waals surface area contributed by atoms with Crippen LogP contribution < -0.4 is 43.8 Å². The smallest absolute Gasteiger partial charge is 0.328 e. The topological polar surface area (TPSA) is 334 Å². The van der Waals surface area contributed by atoms with Gasteiger partial charge in [0, 0.05) is 12.4 Å². The van der Waals surface area contributed by atoms with Gasteiger partial charge in [-0.15, -0.1) is 0 Å². The van der Waals surface area contributed by atoms with Crippen molar-refractivity contribution >= 4 is 35.5 Å². The first-order chi connectivity index (χ1) is 23.7. The van der Waals surface area contributed by atoms with E-state index in [1.165, 1.54) is 13.8 Å². The fraction of sp³-hybridized carbons (Fsp3) is 0.645. The number of nitrogens with two attached hydrogens (primary N) is 3. The van der Waals surface area contributed by atoms with E-state index in [1.54, 1.807) is 24.5 Å². The molecule has 0 aliphatic rings. The van der Waals surface area contributed by atoms with Crippen LogP contribution in [-0.2, 0) is 35.2 Å². The van der Waals surface area contributed by atoms with Crippen LogP contribution in [0.5, 0.6) is 0 Å². The van der Waals surface area contributed by atoms with Crippen LogP contribution >= 0.6 is 0 Å². The van der Waals surface area contributed by atoms with Gasteiger partial charge in [-0.2, -0.15) is 0 Å². The summed E-state index contributed by atoms with van der Waals surface area (Å²) in [6.07, 6.45) is 2.04. The number of aliphatic hydroxyl groups excluding tert-OH is 3. The number of nitrogens with zero attached hydrogens (tertiary/aromatic N) is 1. The maximum Gasteiger partial charge on any atom is 0.328 e. The second kappa shape index (κ2) is 23.2. The highest BCUT2D eigenvalue weighted by atomic mass is 16.4. The van der Waals surface area contributed by atoms with Gasteiger partial charge in [0.2, 0.25) is 29.5 Å². The highest BCUT2D eigenvalue weighted by molar-refractivity contribution is 5.96. The largest absolute Gasteiger partial charge is 0.480 e. The summed E-state index contributed by atoms with van der Waals surface area (Å²) < 4.78 is 0. The number of aliphatic carboxylic acids is 1. The lowest BCUT2D eigenvalue weighted by atomic mass is 10.0. The predicted molar refractivity (Wildman–Crippen MR) is 179 cm³/mol. The number of unbranched alkanes of at least 4 members (excludes halogenated alkanes) is 2. The van der Waals surface area contributed by atoms with E-state index in [0.717, 1.165) is 0 Å². The normalized spacial score (nSPS) is 15.9. The van der Waals surface area contributed by atoms with E-state index in [9.17, 15) is 49.2 Å². The SMILES string of the molecule is C[C@@H](O)[C@H](NC(=O)[C@H](CCCCN)NC(=O)[C@@H](N)Cc1cccnc1)C(=O)N[C@H](C(=O)N[C@@H](CCCCN)C(=O)N[C@@H](CO)C(=O)O)[C@@H](C)O. The molecule has 0 aromatic carbocycles. The molecule has 19 heteroatoms. The lowest BCUT2D eigenvalue weighted by Gasteiger charge is -2.29. The molecule has 0 spiro atoms. The Balaban J connectivity index is 3.11. The minimum atomic E-state index is -1.70. The van der Waals surface area contributed by atoms with Crippen LogP contribution in [-0.4, -0.2) is 129 Å². The van der Waals surface area contributed by atoms with Gasteiger partial charge in [-0.05, 0) is 83.5 Å². The minimum Gasteiger partial charge on any atom is -0.480 e. The summed E-state index contributed by atoms with van der Waals surface area (Å²) in [7, 11) is 0. The Kier molecular flexibility index (Phi) is 20.3. The van der Waals surface area contributed by atoms with E-state index < -0.39 is 90.6 Å². The number of carboxylic acid groups (broad SMARTS) is 1. The second-order valence-electron chi connectivity index (χ2n) is 11.9. The molecule has 0 radical (unpaired) electrons. The van der Waals surface area contributed by atoms with Gasteiger partial charge in [0.05, 0.1) is 24.9 Å². The molecule has 282 valence electrons. The molecule has 0 bridgehead atoms. The number of hydrogen-bond donors (Lipinski definition) is 12. The number of hydrogen-bond acceptors (Lipinski definition) is 13. The minimum absolute atomic E-state index is 0.00251. The molecule has 5 amide bonds. The average molecular weight is 712 g/mol. The first-order valence-electron chi connectivity index (χ1n) is 16.4. The third kappa shape index (κ3) is 15.5. The highest BCUT2D eigenvalue weighted by Crippen LogP contribution is 2.08. The van der Waals surface area contributed by atoms with Crippen LogP contribution in [0.25, 0.3) is 0 Å². The van der Waals surface area contributed by atoms with Crippen molar-refractivity contribution in [2.75, 3.05) is 19.7 Å². The van der Waals surface area contributed by atoms with E-state index in [1.807, 2.05) is 0 Å². The molecule has 1 aromatic heterocycles. The molecule has 1 heterocycles. The van der Waals surface area contributed by atoms with Gasteiger partial charge in [0.1, 0.15) is 30.2 Å². The zero-order valence-corrected chi connectivity index (χ0v) is 28.4. The average Bonchev–Trinajstić information content (AvgIpc) is 3.07. The van der Waals surface area contributed by atoms with Crippen molar-refractivity contribution in [3.63, 3.8) is 0 Å². The second-order valence-corrected chi connectivity index (χ2v) is 11.9. The molecule has 0 unspecified atom stereocenters. The third-order valence-corrected chi connectivity index (χ3v) is 7.60. The van der Waals surface area contributed by atoms with Gasteiger partial charge in [0.25, 0.3) is 0 Å². The predicted octanol–water partition coefficient (Wildman–Crippen LogP) is -4.53. The van der Waals surface area contributed by atoms with Crippen molar-refractivity contribution in [3.05, 3.63) is 30.1 Å². The van der Waals surface area contributed by atoms with Crippen molar-refractivity contribution < 1.29 is 49.2 Å². The van der Waals surface area contributed by atoms with Crippen LogP contribution in [0.1, 0.15) is 57.9 Å². The van der Waals surface area contributed by atoms with Crippen molar-refractivity contribution in [3.8, 4) is 0 Å². The van der Waals surface area contributed by atoms with Crippen molar-refractivity contribution in [1.82, 2.24) is 31.6 Å². The van der Waals surface area contributed by atoms with Gasteiger partial charge in [-0.1, -0.05) is 6.07 Å². The fourth-order valence-electron chi connectivity index (χ4n) is 4.69. The number of aliphatic hydroxyl groups is 3. The molecule has 50 heavy (non-hydrogen) atoms. The number of pyridine rings is 1. The van der Waals surface area contributed by atoms with Gasteiger partial charge in [0.15, 0.2) is 0 Å². The summed E-state index contributed by atoms with van der Waals surface area (Å²) in [5.74, 6) is -6.06. The number of rotatable bonds is 24. The van der Waals surface area contributed by atoms with Crippen LogP contribution in [0.15, 0.2) is 24.5 Å². The number of carboxylic acids is 1. The van der Waals surface area contributed by atoms with E-state index >= 15 is 0 Å². The monoisotopic (exact) mass is 711 g/mol. The number of carbonyl (C=O) groups excluding carboxylic acids is 5. The van der Waals surface area contributed by atoms with E-state index in [2.05, 4.69) is 31.6 Å². The first-order valence-corrected chi connectivity index (χ1v) is 16.4. The Morgan fingerprint density at radius 2 is 1.18 bits per heavy atom. The lowest BCUT2D eigenvalue weighted by Crippen LogP contribution is -2.63. The molecule has 19 nitrogen and oxygen atoms in total. The molecule has 0 aliphatic heterocycles. The van der Waals surface area contributed by atoms with Crippen LogP contribution in [0.3, 0.4) is 0 Å². The van der Waals surface area contributed by atoms with Gasteiger partial charge >= 0.3 is 5.97 Å². The van der Waals surface area contributed by atoms with Crippen molar-refractivity contribution in [1.29, 1.82) is 0 Å². The zero-order valence-electron chi connectivity index (χ0n) is 28.4. The lowest BCUT2D eigenvalue weighted by molar-refractivity contribution is -0.143. The molecular formula is C31H53N9O10. The Morgan fingerprint density at radius 3 is 1.62 bits per heavy atom. The van der Waals surface area contributed by atoms with E-state index in [-0.39, 0.29) is 25.8 Å². The molecule has 15 N–H and O–H groups in total. The summed E-state index contributed by atoms with van der Waals surface area (Å²) in [5.41, 5.74) is 17.9.